The van der Waals surface area contributed by atoms with E-state index in [1.54, 1.807) is 0 Å². The van der Waals surface area contributed by atoms with E-state index in [2.05, 4.69) is 29.2 Å². The molecular formula is C30H31Cl2NO3. The molecule has 0 bridgehead atoms. The Kier molecular flexibility index (Phi) is 7.83. The number of ether oxygens (including phenoxy) is 2. The number of carbonyl (C=O) groups is 1. The maximum atomic E-state index is 10.3. The van der Waals surface area contributed by atoms with Crippen LogP contribution in [-0.2, 0) is 27.8 Å². The second-order valence-electron chi connectivity index (χ2n) is 9.97. The van der Waals surface area contributed by atoms with Gasteiger partial charge in [0.2, 0.25) is 0 Å². The first-order valence-electron chi connectivity index (χ1n) is 12.8. The van der Waals surface area contributed by atoms with Crippen LogP contribution >= 0.6 is 23.2 Å². The molecule has 2 fully saturated rings. The van der Waals surface area contributed by atoms with Gasteiger partial charge in [-0.3, -0.25) is 9.78 Å². The number of pyridine rings is 1. The summed E-state index contributed by atoms with van der Waals surface area (Å²) in [6.07, 6.45) is 13.2. The number of carbonyl (C=O) groups excluding carboxylic acids is 1. The number of aryl methyl sites for hydroxylation is 2. The van der Waals surface area contributed by atoms with Crippen molar-refractivity contribution in [3.63, 3.8) is 0 Å². The summed E-state index contributed by atoms with van der Waals surface area (Å²) in [4.78, 5) is 14.8. The number of benzene rings is 2. The molecule has 2 aliphatic carbocycles. The maximum absolute atomic E-state index is 10.3. The topological polar surface area (TPSA) is 48.4 Å². The van der Waals surface area contributed by atoms with Crippen LogP contribution in [0.25, 0.3) is 11.1 Å². The Morgan fingerprint density at radius 3 is 2.44 bits per heavy atom. The highest BCUT2D eigenvalue weighted by Gasteiger charge is 2.45. The largest absolute Gasteiger partial charge is 0.490 e. The lowest BCUT2D eigenvalue weighted by Gasteiger charge is -2.21. The lowest BCUT2D eigenvalue weighted by Crippen LogP contribution is -2.11. The summed E-state index contributed by atoms with van der Waals surface area (Å²) in [5.41, 5.74) is 5.90. The average Bonchev–Trinajstić information content (AvgIpc) is 3.82. The fourth-order valence-corrected chi connectivity index (χ4v) is 5.51. The molecule has 0 spiro atoms. The number of unbranched alkanes of at least 4 members (excludes halogenated alkanes) is 1. The van der Waals surface area contributed by atoms with Crippen molar-refractivity contribution in [2.45, 2.75) is 69.3 Å². The van der Waals surface area contributed by atoms with Crippen molar-refractivity contribution in [2.24, 2.45) is 0 Å². The molecule has 0 amide bonds. The van der Waals surface area contributed by atoms with E-state index in [1.807, 2.05) is 30.6 Å². The van der Waals surface area contributed by atoms with Gasteiger partial charge in [0.25, 0.3) is 6.47 Å². The lowest BCUT2D eigenvalue weighted by atomic mass is 9.85. The van der Waals surface area contributed by atoms with Crippen LogP contribution in [0.1, 0.15) is 61.6 Å². The molecule has 5 rings (SSSR count). The zero-order valence-corrected chi connectivity index (χ0v) is 21.9. The molecule has 2 saturated carbocycles. The van der Waals surface area contributed by atoms with Crippen molar-refractivity contribution in [3.8, 4) is 16.9 Å². The van der Waals surface area contributed by atoms with Crippen molar-refractivity contribution < 1.29 is 14.3 Å². The third-order valence-corrected chi connectivity index (χ3v) is 8.06. The van der Waals surface area contributed by atoms with Crippen LogP contribution in [0.3, 0.4) is 0 Å². The first-order valence-corrected chi connectivity index (χ1v) is 13.6. The van der Waals surface area contributed by atoms with Gasteiger partial charge < -0.3 is 9.47 Å². The van der Waals surface area contributed by atoms with Crippen molar-refractivity contribution >= 4 is 29.7 Å². The predicted octanol–water partition coefficient (Wildman–Crippen LogP) is 7.76. The molecule has 4 nitrogen and oxygen atoms in total. The van der Waals surface area contributed by atoms with E-state index >= 15 is 0 Å². The van der Waals surface area contributed by atoms with Crippen molar-refractivity contribution in [3.05, 3.63) is 81.6 Å². The molecule has 1 aromatic heterocycles. The Balaban J connectivity index is 1.31. The Hall–Kier alpha value is -2.56. The van der Waals surface area contributed by atoms with E-state index < -0.39 is 0 Å². The van der Waals surface area contributed by atoms with E-state index in [-0.39, 0.29) is 5.41 Å². The Bertz CT molecular complexity index is 1220. The quantitative estimate of drug-likeness (QED) is 0.169. The van der Waals surface area contributed by atoms with Gasteiger partial charge in [-0.05, 0) is 110 Å². The summed E-state index contributed by atoms with van der Waals surface area (Å²) >= 11 is 13.3. The summed E-state index contributed by atoms with van der Waals surface area (Å²) in [7, 11) is 0. The smallest absolute Gasteiger partial charge is 0.293 e. The zero-order valence-electron chi connectivity index (χ0n) is 20.3. The van der Waals surface area contributed by atoms with E-state index in [4.69, 9.17) is 32.7 Å². The molecule has 6 heteroatoms. The minimum Gasteiger partial charge on any atom is -0.490 e. The Morgan fingerprint density at radius 1 is 0.972 bits per heavy atom. The van der Waals surface area contributed by atoms with Gasteiger partial charge in [-0.15, -0.1) is 0 Å². The van der Waals surface area contributed by atoms with E-state index in [0.717, 1.165) is 90.3 Å². The van der Waals surface area contributed by atoms with Crippen LogP contribution in [0.15, 0.2) is 54.9 Å². The number of halogens is 2. The van der Waals surface area contributed by atoms with E-state index in [0.29, 0.717) is 19.2 Å². The molecule has 0 atom stereocenters. The van der Waals surface area contributed by atoms with E-state index in [1.165, 1.54) is 11.1 Å². The van der Waals surface area contributed by atoms with Crippen LogP contribution in [-0.4, -0.2) is 24.2 Å². The molecule has 1 heterocycles. The number of hydrogen-bond acceptors (Lipinski definition) is 4. The van der Waals surface area contributed by atoms with Gasteiger partial charge in [0, 0.05) is 28.0 Å². The molecule has 0 N–H and O–H groups in total. The molecule has 36 heavy (non-hydrogen) atoms. The molecule has 0 radical (unpaired) electrons. The summed E-state index contributed by atoms with van der Waals surface area (Å²) in [6, 6.07) is 14.5. The van der Waals surface area contributed by atoms with Crippen LogP contribution in [0.2, 0.25) is 10.0 Å². The number of aromatic nitrogens is 1. The fourth-order valence-electron chi connectivity index (χ4n) is 4.95. The molecular weight excluding hydrogens is 493 g/mol. The second kappa shape index (κ2) is 11.2. The standard InChI is InChI=1S/C30H31Cl2NO3/c31-27-18-22(28(32)17-21(27)5-3-4-16-35-20-34)10-12-30(13-14-30)26-19-33-15-11-24(26)25-6-1-2-7-29(25)36-23-8-9-23/h1-2,6-7,11,15,17-20,23H,3-5,8-10,12-14,16H2. The number of nitrogens with zero attached hydrogens (tertiary/aromatic N) is 1. The normalized spacial score (nSPS) is 15.9. The first-order chi connectivity index (χ1) is 17.6. The Labute approximate surface area is 222 Å². The van der Waals surface area contributed by atoms with Crippen LogP contribution < -0.4 is 4.74 Å². The molecule has 0 unspecified atom stereocenters. The van der Waals surface area contributed by atoms with Crippen molar-refractivity contribution in [1.29, 1.82) is 0 Å². The van der Waals surface area contributed by atoms with Crippen molar-refractivity contribution in [2.75, 3.05) is 6.61 Å². The highest BCUT2D eigenvalue weighted by molar-refractivity contribution is 6.34. The predicted molar refractivity (Wildman–Crippen MR) is 144 cm³/mol. The van der Waals surface area contributed by atoms with Crippen LogP contribution in [0.4, 0.5) is 0 Å². The first kappa shape index (κ1) is 25.1. The van der Waals surface area contributed by atoms with Gasteiger partial charge in [0.1, 0.15) is 5.75 Å². The average molecular weight is 524 g/mol. The summed E-state index contributed by atoms with van der Waals surface area (Å²) in [6.45, 7) is 0.920. The van der Waals surface area contributed by atoms with E-state index in [9.17, 15) is 4.79 Å². The van der Waals surface area contributed by atoms with Crippen LogP contribution in [0.5, 0.6) is 5.75 Å². The Morgan fingerprint density at radius 2 is 1.72 bits per heavy atom. The third-order valence-electron chi connectivity index (χ3n) is 7.36. The molecule has 188 valence electrons. The van der Waals surface area contributed by atoms with Gasteiger partial charge in [-0.25, -0.2) is 0 Å². The highest BCUT2D eigenvalue weighted by Crippen LogP contribution is 2.55. The third kappa shape index (κ3) is 5.87. The second-order valence-corrected chi connectivity index (χ2v) is 10.8. The lowest BCUT2D eigenvalue weighted by molar-refractivity contribution is -0.128. The van der Waals surface area contributed by atoms with Crippen LogP contribution in [0, 0.1) is 0 Å². The van der Waals surface area contributed by atoms with Gasteiger partial charge in [-0.1, -0.05) is 41.4 Å². The van der Waals surface area contributed by atoms with Gasteiger partial charge in [0.15, 0.2) is 0 Å². The number of rotatable bonds is 13. The molecule has 3 aromatic rings. The van der Waals surface area contributed by atoms with Gasteiger partial charge in [-0.2, -0.15) is 0 Å². The zero-order chi connectivity index (χ0) is 25.0. The number of para-hydroxylation sites is 1. The maximum Gasteiger partial charge on any atom is 0.293 e. The molecule has 2 aromatic carbocycles. The van der Waals surface area contributed by atoms with Crippen molar-refractivity contribution in [1.82, 2.24) is 4.98 Å². The summed E-state index contributed by atoms with van der Waals surface area (Å²) in [5.74, 6) is 0.964. The number of hydrogen-bond donors (Lipinski definition) is 0. The van der Waals surface area contributed by atoms with Gasteiger partial charge >= 0.3 is 0 Å². The SMILES string of the molecule is O=COCCCCc1cc(Cl)c(CCC2(c3cnccc3-c3ccccc3OC3CC3)CC2)cc1Cl. The van der Waals surface area contributed by atoms with Gasteiger partial charge in [0.05, 0.1) is 12.7 Å². The monoisotopic (exact) mass is 523 g/mol. The highest BCUT2D eigenvalue weighted by atomic mass is 35.5. The fraction of sp³-hybridized carbons (Fsp3) is 0.400. The minimum atomic E-state index is 0.101. The summed E-state index contributed by atoms with van der Waals surface area (Å²) in [5, 5.41) is 1.52. The summed E-state index contributed by atoms with van der Waals surface area (Å²) < 4.78 is 11.0. The molecule has 0 aliphatic heterocycles. The minimum absolute atomic E-state index is 0.101. The molecule has 2 aliphatic rings. The molecule has 0 saturated heterocycles.